The summed E-state index contributed by atoms with van der Waals surface area (Å²) in [6.07, 6.45) is 5.36. The summed E-state index contributed by atoms with van der Waals surface area (Å²) in [5.74, 6) is -1.08. The minimum Gasteiger partial charge on any atom is -0.354 e. The number of H-pyrrole nitrogens is 1. The molecule has 2 bridgehead atoms. The van der Waals surface area contributed by atoms with Crippen LogP contribution in [0.1, 0.15) is 66.7 Å². The van der Waals surface area contributed by atoms with Crippen molar-refractivity contribution >= 4 is 34.7 Å². The minimum atomic E-state index is -0.693. The summed E-state index contributed by atoms with van der Waals surface area (Å²) in [5.41, 5.74) is 1.83. The monoisotopic (exact) mass is 577 g/mol. The minimum absolute atomic E-state index is 0.0833. The van der Waals surface area contributed by atoms with E-state index in [1.807, 2.05) is 13.8 Å². The molecular formula is C30H39N7O5. The van der Waals surface area contributed by atoms with Crippen LogP contribution >= 0.6 is 0 Å². The number of pyridine rings is 1. The van der Waals surface area contributed by atoms with Gasteiger partial charge in [-0.05, 0) is 55.5 Å². The topological polar surface area (TPSA) is 158 Å². The van der Waals surface area contributed by atoms with Gasteiger partial charge in [0.2, 0.25) is 11.8 Å². The molecule has 4 amide bonds. The summed E-state index contributed by atoms with van der Waals surface area (Å²) >= 11 is 0. The number of nitrogens with one attached hydrogen (secondary N) is 4. The number of fused-ring (bicyclic) bond motifs is 1. The van der Waals surface area contributed by atoms with Crippen molar-refractivity contribution in [1.29, 1.82) is 0 Å². The highest BCUT2D eigenvalue weighted by Crippen LogP contribution is 2.14. The molecule has 1 aromatic carbocycles. The molecule has 12 nitrogen and oxygen atoms in total. The largest absolute Gasteiger partial charge is 0.354 e. The van der Waals surface area contributed by atoms with Crippen LogP contribution in [0.3, 0.4) is 0 Å². The molecule has 1 aliphatic heterocycles. The summed E-state index contributed by atoms with van der Waals surface area (Å²) in [7, 11) is 0. The van der Waals surface area contributed by atoms with Crippen LogP contribution < -0.4 is 21.6 Å². The van der Waals surface area contributed by atoms with Crippen LogP contribution in [0.25, 0.3) is 11.0 Å². The summed E-state index contributed by atoms with van der Waals surface area (Å²) in [5, 5.41) is 8.68. The Hall–Kier alpha value is -4.48. The average molecular weight is 578 g/mol. The summed E-state index contributed by atoms with van der Waals surface area (Å²) in [6.45, 7) is 5.57. The third kappa shape index (κ3) is 7.62. The van der Waals surface area contributed by atoms with E-state index in [1.165, 1.54) is 0 Å². The Labute approximate surface area is 244 Å². The molecule has 4 rings (SSSR count). The lowest BCUT2D eigenvalue weighted by atomic mass is 9.98. The van der Waals surface area contributed by atoms with E-state index in [9.17, 15) is 24.0 Å². The summed E-state index contributed by atoms with van der Waals surface area (Å²) in [4.78, 5) is 73.1. The normalized spacial score (nSPS) is 19.0. The number of imidazole rings is 1. The molecule has 2 atom stereocenters. The van der Waals surface area contributed by atoms with Crippen LogP contribution in [-0.2, 0) is 16.1 Å². The molecule has 3 heterocycles. The first-order valence-corrected chi connectivity index (χ1v) is 14.6. The molecule has 1 aliphatic rings. The molecular weight excluding hydrogens is 538 g/mol. The maximum atomic E-state index is 13.2. The van der Waals surface area contributed by atoms with Gasteiger partial charge in [-0.25, -0.2) is 4.79 Å². The fraction of sp³-hybridized carbons (Fsp3) is 0.467. The van der Waals surface area contributed by atoms with Crippen molar-refractivity contribution in [3.8, 4) is 0 Å². The SMILES string of the molecule is CC[C@H](C)[C@@H]1NC(=O)CCCN(C(=O)c2ccncc2)CCCNC(=O)c2ccc3[nH]c(=O)n(c3c2)CCCNC1=O. The number of carbonyl (C=O) groups excluding carboxylic acids is 4. The number of aryl methyl sites for hydroxylation is 1. The molecule has 12 heteroatoms. The van der Waals surface area contributed by atoms with Gasteiger partial charge in [-0.2, -0.15) is 0 Å². The molecule has 0 saturated carbocycles. The number of benzene rings is 1. The second-order valence-electron chi connectivity index (χ2n) is 10.6. The van der Waals surface area contributed by atoms with Crippen LogP contribution in [0.15, 0.2) is 47.5 Å². The Kier molecular flexibility index (Phi) is 10.5. The Morgan fingerprint density at radius 3 is 2.45 bits per heavy atom. The van der Waals surface area contributed by atoms with Gasteiger partial charge in [0.25, 0.3) is 11.8 Å². The zero-order valence-electron chi connectivity index (χ0n) is 24.2. The molecule has 0 spiro atoms. The van der Waals surface area contributed by atoms with Gasteiger partial charge >= 0.3 is 5.69 Å². The Morgan fingerprint density at radius 2 is 1.69 bits per heavy atom. The van der Waals surface area contributed by atoms with Crippen LogP contribution in [0.2, 0.25) is 0 Å². The van der Waals surface area contributed by atoms with Gasteiger partial charge in [-0.3, -0.25) is 28.7 Å². The van der Waals surface area contributed by atoms with Crippen molar-refractivity contribution in [1.82, 2.24) is 35.4 Å². The Morgan fingerprint density at radius 1 is 0.976 bits per heavy atom. The zero-order chi connectivity index (χ0) is 30.1. The number of hydrogen-bond acceptors (Lipinski definition) is 6. The van der Waals surface area contributed by atoms with Gasteiger partial charge < -0.3 is 25.8 Å². The first-order valence-electron chi connectivity index (χ1n) is 14.6. The Bertz CT molecular complexity index is 1470. The van der Waals surface area contributed by atoms with Crippen molar-refractivity contribution in [3.63, 3.8) is 0 Å². The van der Waals surface area contributed by atoms with E-state index in [0.717, 1.165) is 0 Å². The number of aromatic amines is 1. The first kappa shape index (κ1) is 30.5. The second-order valence-corrected chi connectivity index (χ2v) is 10.6. The van der Waals surface area contributed by atoms with Crippen LogP contribution in [0.4, 0.5) is 0 Å². The molecule has 4 N–H and O–H groups in total. The summed E-state index contributed by atoms with van der Waals surface area (Å²) in [6, 6.07) is 7.63. The van der Waals surface area contributed by atoms with Crippen LogP contribution in [-0.4, -0.2) is 75.3 Å². The number of nitrogens with zero attached hydrogens (tertiary/aromatic N) is 3. The first-order chi connectivity index (χ1) is 20.3. The molecule has 2 aromatic heterocycles. The highest BCUT2D eigenvalue weighted by molar-refractivity contribution is 5.97. The van der Waals surface area contributed by atoms with Gasteiger partial charge in [0.1, 0.15) is 6.04 Å². The van der Waals surface area contributed by atoms with Crippen molar-refractivity contribution < 1.29 is 19.2 Å². The van der Waals surface area contributed by atoms with E-state index in [1.54, 1.807) is 52.2 Å². The van der Waals surface area contributed by atoms with E-state index in [0.29, 0.717) is 80.6 Å². The predicted octanol–water partition coefficient (Wildman–Crippen LogP) is 1.82. The molecule has 0 saturated heterocycles. The molecule has 224 valence electrons. The van der Waals surface area contributed by atoms with Crippen molar-refractivity contribution in [2.45, 2.75) is 58.5 Å². The van der Waals surface area contributed by atoms with Gasteiger partial charge in [-0.1, -0.05) is 20.3 Å². The number of carbonyl (C=O) groups is 4. The predicted molar refractivity (Wildman–Crippen MR) is 158 cm³/mol. The van der Waals surface area contributed by atoms with Crippen LogP contribution in [0.5, 0.6) is 0 Å². The highest BCUT2D eigenvalue weighted by atomic mass is 16.2. The van der Waals surface area contributed by atoms with Crippen molar-refractivity contribution in [2.24, 2.45) is 5.92 Å². The number of amides is 4. The lowest BCUT2D eigenvalue weighted by Gasteiger charge is -2.25. The standard InChI is InChI=1S/C30H39N7O5/c1-3-20(2)26-28(40)33-13-6-18-37-24-19-22(8-9-23(24)34-30(37)42)27(39)32-12-5-17-36(16-4-7-25(38)35-26)29(41)21-10-14-31-15-11-21/h8-11,14-15,19-20,26H,3-7,12-13,16-18H2,1-2H3,(H,32,39)(H,33,40)(H,34,42)(H,35,38)/t20-,26-/m0/s1. The van der Waals surface area contributed by atoms with Crippen molar-refractivity contribution in [3.05, 3.63) is 64.3 Å². The number of rotatable bonds is 3. The quantitative estimate of drug-likeness (QED) is 0.372. The second kappa shape index (κ2) is 14.4. The summed E-state index contributed by atoms with van der Waals surface area (Å²) < 4.78 is 1.55. The highest BCUT2D eigenvalue weighted by Gasteiger charge is 2.26. The molecule has 0 radical (unpaired) electrons. The third-order valence-corrected chi connectivity index (χ3v) is 7.64. The van der Waals surface area contributed by atoms with Gasteiger partial charge in [0.05, 0.1) is 11.0 Å². The fourth-order valence-corrected chi connectivity index (χ4v) is 5.02. The average Bonchev–Trinajstić information content (AvgIpc) is 3.32. The van der Waals surface area contributed by atoms with Gasteiger partial charge in [0.15, 0.2) is 0 Å². The van der Waals surface area contributed by atoms with E-state index >= 15 is 0 Å². The molecule has 3 aromatic rings. The molecule has 0 unspecified atom stereocenters. The maximum Gasteiger partial charge on any atom is 0.326 e. The van der Waals surface area contributed by atoms with E-state index < -0.39 is 6.04 Å². The van der Waals surface area contributed by atoms with E-state index in [-0.39, 0.29) is 41.7 Å². The maximum absolute atomic E-state index is 13.2. The van der Waals surface area contributed by atoms with Crippen LogP contribution in [0, 0.1) is 5.92 Å². The van der Waals surface area contributed by atoms with Gasteiger partial charge in [-0.15, -0.1) is 0 Å². The van der Waals surface area contributed by atoms with Gasteiger partial charge in [0, 0.05) is 62.7 Å². The number of aromatic nitrogens is 3. The molecule has 42 heavy (non-hydrogen) atoms. The van der Waals surface area contributed by atoms with E-state index in [2.05, 4.69) is 25.9 Å². The lowest BCUT2D eigenvalue weighted by molar-refractivity contribution is -0.130. The zero-order valence-corrected chi connectivity index (χ0v) is 24.2. The molecule has 0 fully saturated rings. The fourth-order valence-electron chi connectivity index (χ4n) is 5.02. The molecule has 0 aliphatic carbocycles. The van der Waals surface area contributed by atoms with Crippen molar-refractivity contribution in [2.75, 3.05) is 26.2 Å². The smallest absolute Gasteiger partial charge is 0.326 e. The third-order valence-electron chi connectivity index (χ3n) is 7.64. The Balaban J connectivity index is 1.55. The van der Waals surface area contributed by atoms with E-state index in [4.69, 9.17) is 0 Å². The number of hydrogen-bond donors (Lipinski definition) is 4. The lowest BCUT2D eigenvalue weighted by Crippen LogP contribution is -2.50.